The number of carbonyl (C=O) groups excluding carboxylic acids is 1. The average molecular weight is 342 g/mol. The molecule has 0 bridgehead atoms. The lowest BCUT2D eigenvalue weighted by atomic mass is 10.3. The van der Waals surface area contributed by atoms with Crippen LogP contribution in [-0.4, -0.2) is 48.5 Å². The van der Waals surface area contributed by atoms with E-state index < -0.39 is 0 Å². The van der Waals surface area contributed by atoms with E-state index in [1.54, 1.807) is 10.7 Å². The van der Waals surface area contributed by atoms with Crippen LogP contribution in [0.4, 0.5) is 5.82 Å². The van der Waals surface area contributed by atoms with Gasteiger partial charge in [-0.3, -0.25) is 14.2 Å². The molecule has 3 heterocycles. The Bertz CT molecular complexity index is 891. The highest BCUT2D eigenvalue weighted by molar-refractivity contribution is 5.92. The van der Waals surface area contributed by atoms with Gasteiger partial charge in [-0.25, -0.2) is 9.97 Å². The number of nitrogens with zero attached hydrogens (tertiary/aromatic N) is 6. The molecule has 3 aromatic rings. The standard InChI is InChI=1S/C16H22N8O/c1-5-24-14-13(11(3)21-24)19-9-20-15(14)17-6-7-18-16(25)12-8-10(2)23(4)22-12/h8-9H,5-7H2,1-4H3,(H,18,25)(H,17,19,20). The number of rotatable bonds is 6. The number of hydrogen-bond acceptors (Lipinski definition) is 6. The third-order valence-electron chi connectivity index (χ3n) is 4.04. The maximum atomic E-state index is 12.1. The Morgan fingerprint density at radius 2 is 2.00 bits per heavy atom. The van der Waals surface area contributed by atoms with Gasteiger partial charge in [0.15, 0.2) is 5.82 Å². The lowest BCUT2D eigenvalue weighted by Gasteiger charge is -2.08. The average Bonchev–Trinajstić information content (AvgIpc) is 3.12. The third kappa shape index (κ3) is 3.30. The lowest BCUT2D eigenvalue weighted by molar-refractivity contribution is 0.0949. The molecule has 0 aliphatic rings. The molecule has 0 saturated carbocycles. The van der Waals surface area contributed by atoms with Crippen molar-refractivity contribution in [3.63, 3.8) is 0 Å². The van der Waals surface area contributed by atoms with Crippen molar-refractivity contribution in [2.45, 2.75) is 27.3 Å². The van der Waals surface area contributed by atoms with E-state index in [4.69, 9.17) is 0 Å². The number of fused-ring (bicyclic) bond motifs is 1. The highest BCUT2D eigenvalue weighted by atomic mass is 16.1. The molecule has 3 aromatic heterocycles. The molecule has 9 nitrogen and oxygen atoms in total. The monoisotopic (exact) mass is 342 g/mol. The van der Waals surface area contributed by atoms with Crippen molar-refractivity contribution in [1.29, 1.82) is 0 Å². The van der Waals surface area contributed by atoms with Crippen LogP contribution in [0.15, 0.2) is 12.4 Å². The second kappa shape index (κ2) is 6.88. The molecule has 0 aromatic carbocycles. The van der Waals surface area contributed by atoms with Crippen LogP contribution in [0.2, 0.25) is 0 Å². The predicted octanol–water partition coefficient (Wildman–Crippen LogP) is 1.04. The van der Waals surface area contributed by atoms with Gasteiger partial charge in [-0.1, -0.05) is 0 Å². The van der Waals surface area contributed by atoms with Crippen LogP contribution in [0.3, 0.4) is 0 Å². The molecule has 1 amide bonds. The van der Waals surface area contributed by atoms with Gasteiger partial charge in [-0.15, -0.1) is 0 Å². The maximum Gasteiger partial charge on any atom is 0.271 e. The molecule has 0 aliphatic heterocycles. The molecule has 0 unspecified atom stereocenters. The fraction of sp³-hybridized carbons (Fsp3) is 0.438. The minimum Gasteiger partial charge on any atom is -0.366 e. The Morgan fingerprint density at radius 3 is 2.68 bits per heavy atom. The van der Waals surface area contributed by atoms with Gasteiger partial charge >= 0.3 is 0 Å². The SMILES string of the molecule is CCn1nc(C)c2ncnc(NCCNC(=O)c3cc(C)n(C)n3)c21. The predicted molar refractivity (Wildman–Crippen MR) is 94.5 cm³/mol. The van der Waals surface area contributed by atoms with E-state index in [-0.39, 0.29) is 5.91 Å². The topological polar surface area (TPSA) is 103 Å². The summed E-state index contributed by atoms with van der Waals surface area (Å²) in [6.07, 6.45) is 1.52. The molecule has 0 atom stereocenters. The molecule has 9 heteroatoms. The first-order valence-electron chi connectivity index (χ1n) is 8.22. The van der Waals surface area contributed by atoms with Crippen molar-refractivity contribution >= 4 is 22.8 Å². The van der Waals surface area contributed by atoms with Gasteiger partial charge in [0.05, 0.1) is 5.69 Å². The first-order valence-corrected chi connectivity index (χ1v) is 8.22. The summed E-state index contributed by atoms with van der Waals surface area (Å²) in [5, 5.41) is 14.7. The molecular weight excluding hydrogens is 320 g/mol. The molecule has 0 radical (unpaired) electrons. The van der Waals surface area contributed by atoms with E-state index in [0.717, 1.165) is 34.8 Å². The Kier molecular flexibility index (Phi) is 4.64. The molecule has 25 heavy (non-hydrogen) atoms. The van der Waals surface area contributed by atoms with Crippen LogP contribution in [0.25, 0.3) is 11.0 Å². The fourth-order valence-corrected chi connectivity index (χ4v) is 2.64. The summed E-state index contributed by atoms with van der Waals surface area (Å²) in [4.78, 5) is 20.7. The van der Waals surface area contributed by atoms with Crippen LogP contribution in [0.5, 0.6) is 0 Å². The van der Waals surface area contributed by atoms with Crippen molar-refractivity contribution in [1.82, 2.24) is 34.8 Å². The first kappa shape index (κ1) is 16.9. The zero-order valence-electron chi connectivity index (χ0n) is 14.9. The Balaban J connectivity index is 1.63. The molecule has 2 N–H and O–H groups in total. The summed E-state index contributed by atoms with van der Waals surface area (Å²) < 4.78 is 3.56. The summed E-state index contributed by atoms with van der Waals surface area (Å²) in [5.74, 6) is 0.531. The molecular formula is C16H22N8O. The number of carbonyl (C=O) groups is 1. The smallest absolute Gasteiger partial charge is 0.271 e. The summed E-state index contributed by atoms with van der Waals surface area (Å²) in [6.45, 7) is 7.60. The number of nitrogens with one attached hydrogen (secondary N) is 2. The molecule has 0 saturated heterocycles. The van der Waals surface area contributed by atoms with E-state index in [2.05, 4.69) is 30.8 Å². The van der Waals surface area contributed by atoms with Gasteiger partial charge in [-0.05, 0) is 26.8 Å². The van der Waals surface area contributed by atoms with E-state index in [0.29, 0.717) is 18.8 Å². The highest BCUT2D eigenvalue weighted by Crippen LogP contribution is 2.21. The largest absolute Gasteiger partial charge is 0.366 e. The van der Waals surface area contributed by atoms with Crippen LogP contribution < -0.4 is 10.6 Å². The van der Waals surface area contributed by atoms with E-state index in [1.807, 2.05) is 32.5 Å². The molecule has 132 valence electrons. The van der Waals surface area contributed by atoms with Gasteiger partial charge in [0.1, 0.15) is 23.1 Å². The number of aryl methyl sites for hydroxylation is 4. The number of hydrogen-bond donors (Lipinski definition) is 2. The molecule has 0 fully saturated rings. The minimum absolute atomic E-state index is 0.187. The van der Waals surface area contributed by atoms with Gasteiger partial charge in [0.2, 0.25) is 0 Å². The summed E-state index contributed by atoms with van der Waals surface area (Å²) in [6, 6.07) is 1.76. The van der Waals surface area contributed by atoms with Crippen LogP contribution in [-0.2, 0) is 13.6 Å². The fourth-order valence-electron chi connectivity index (χ4n) is 2.64. The minimum atomic E-state index is -0.187. The van der Waals surface area contributed by atoms with Crippen LogP contribution >= 0.6 is 0 Å². The van der Waals surface area contributed by atoms with Crippen molar-refractivity contribution in [2.24, 2.45) is 7.05 Å². The van der Waals surface area contributed by atoms with Gasteiger partial charge in [0, 0.05) is 32.4 Å². The summed E-state index contributed by atoms with van der Waals surface area (Å²) in [7, 11) is 1.81. The summed E-state index contributed by atoms with van der Waals surface area (Å²) in [5.41, 5.74) is 3.96. The quantitative estimate of drug-likeness (QED) is 0.649. The highest BCUT2D eigenvalue weighted by Gasteiger charge is 2.13. The normalized spacial score (nSPS) is 11.0. The van der Waals surface area contributed by atoms with Crippen LogP contribution in [0.1, 0.15) is 28.8 Å². The molecule has 0 spiro atoms. The van der Waals surface area contributed by atoms with Gasteiger partial charge in [0.25, 0.3) is 5.91 Å². The van der Waals surface area contributed by atoms with Crippen molar-refractivity contribution in [2.75, 3.05) is 18.4 Å². The second-order valence-electron chi connectivity index (χ2n) is 5.80. The number of anilines is 1. The number of aromatic nitrogens is 6. The first-order chi connectivity index (χ1) is 12.0. The zero-order chi connectivity index (χ0) is 18.0. The zero-order valence-corrected chi connectivity index (χ0v) is 14.9. The van der Waals surface area contributed by atoms with Crippen molar-refractivity contribution < 1.29 is 4.79 Å². The third-order valence-corrected chi connectivity index (χ3v) is 4.04. The summed E-state index contributed by atoms with van der Waals surface area (Å²) >= 11 is 0. The second-order valence-corrected chi connectivity index (χ2v) is 5.80. The Labute approximate surface area is 145 Å². The Hall–Kier alpha value is -2.97. The lowest BCUT2D eigenvalue weighted by Crippen LogP contribution is -2.29. The van der Waals surface area contributed by atoms with E-state index in [1.165, 1.54) is 6.33 Å². The van der Waals surface area contributed by atoms with Crippen molar-refractivity contribution in [3.8, 4) is 0 Å². The van der Waals surface area contributed by atoms with Crippen molar-refractivity contribution in [3.05, 3.63) is 29.5 Å². The molecule has 0 aliphatic carbocycles. The van der Waals surface area contributed by atoms with Gasteiger partial charge in [-0.2, -0.15) is 10.2 Å². The van der Waals surface area contributed by atoms with Gasteiger partial charge < -0.3 is 10.6 Å². The molecule has 3 rings (SSSR count). The maximum absolute atomic E-state index is 12.1. The Morgan fingerprint density at radius 1 is 1.20 bits per heavy atom. The van der Waals surface area contributed by atoms with E-state index >= 15 is 0 Å². The van der Waals surface area contributed by atoms with E-state index in [9.17, 15) is 4.79 Å². The number of amides is 1. The van der Waals surface area contributed by atoms with Crippen LogP contribution in [0, 0.1) is 13.8 Å².